The summed E-state index contributed by atoms with van der Waals surface area (Å²) < 4.78 is 5.81. The molecule has 0 saturated heterocycles. The van der Waals surface area contributed by atoms with E-state index in [0.717, 1.165) is 22.6 Å². The molecule has 0 spiro atoms. The van der Waals surface area contributed by atoms with E-state index in [1.54, 1.807) is 23.5 Å². The number of carbonyl (C=O) groups is 1. The number of amides is 1. The first-order valence-electron chi connectivity index (χ1n) is 9.06. The smallest absolute Gasteiger partial charge is 0.230 e. The number of nitrogens with zero attached hydrogens (tertiary/aromatic N) is 1. The van der Waals surface area contributed by atoms with Crippen LogP contribution < -0.4 is 5.32 Å². The van der Waals surface area contributed by atoms with Crippen LogP contribution in [0.25, 0.3) is 11.5 Å². The van der Waals surface area contributed by atoms with Gasteiger partial charge in [0.15, 0.2) is 0 Å². The average molecular weight is 413 g/mol. The Balaban J connectivity index is 1.48. The molecule has 146 valence electrons. The summed E-state index contributed by atoms with van der Waals surface area (Å²) in [6, 6.07) is 16.3. The van der Waals surface area contributed by atoms with Crippen LogP contribution in [0.2, 0.25) is 0 Å². The maximum absolute atomic E-state index is 12.1. The predicted octanol–water partition coefficient (Wildman–Crippen LogP) is 5.23. The molecule has 6 heteroatoms. The predicted molar refractivity (Wildman–Crippen MR) is 118 cm³/mol. The van der Waals surface area contributed by atoms with Gasteiger partial charge < -0.3 is 9.73 Å². The highest BCUT2D eigenvalue weighted by Crippen LogP contribution is 2.26. The molecule has 1 aromatic heterocycles. The molecule has 0 aliphatic rings. The Morgan fingerprint density at radius 1 is 1.07 bits per heavy atom. The number of hydrogen-bond acceptors (Lipinski definition) is 5. The van der Waals surface area contributed by atoms with Crippen molar-refractivity contribution in [2.45, 2.75) is 31.0 Å². The van der Waals surface area contributed by atoms with E-state index in [0.29, 0.717) is 23.9 Å². The Morgan fingerprint density at radius 2 is 1.79 bits per heavy atom. The van der Waals surface area contributed by atoms with Crippen molar-refractivity contribution in [1.29, 1.82) is 0 Å². The Bertz CT molecular complexity index is 919. The van der Waals surface area contributed by atoms with E-state index in [2.05, 4.69) is 47.7 Å². The van der Waals surface area contributed by atoms with Gasteiger partial charge in [0.05, 0.1) is 11.4 Å². The molecule has 0 radical (unpaired) electrons. The van der Waals surface area contributed by atoms with Crippen LogP contribution in [0.1, 0.15) is 22.6 Å². The van der Waals surface area contributed by atoms with Crippen molar-refractivity contribution in [1.82, 2.24) is 10.3 Å². The molecule has 0 atom stereocenters. The second-order valence-corrected chi connectivity index (χ2v) is 8.37. The number of oxazole rings is 1. The zero-order valence-corrected chi connectivity index (χ0v) is 18.0. The molecule has 0 bridgehead atoms. The third kappa shape index (κ3) is 5.66. The lowest BCUT2D eigenvalue weighted by Gasteiger charge is -2.05. The van der Waals surface area contributed by atoms with Crippen LogP contribution in [-0.4, -0.2) is 22.9 Å². The number of rotatable bonds is 8. The largest absolute Gasteiger partial charge is 0.441 e. The number of nitrogens with one attached hydrogen (secondary N) is 1. The highest BCUT2D eigenvalue weighted by Gasteiger charge is 2.12. The number of thioether (sulfide) groups is 2. The number of carbonyl (C=O) groups excluding carboxylic acids is 1. The third-order valence-corrected chi connectivity index (χ3v) is 6.00. The Kier molecular flexibility index (Phi) is 7.23. The topological polar surface area (TPSA) is 55.1 Å². The summed E-state index contributed by atoms with van der Waals surface area (Å²) in [6.45, 7) is 4.52. The Morgan fingerprint density at radius 3 is 2.46 bits per heavy atom. The van der Waals surface area contributed by atoms with Crippen molar-refractivity contribution in [3.63, 3.8) is 0 Å². The zero-order chi connectivity index (χ0) is 19.9. The minimum Gasteiger partial charge on any atom is -0.441 e. The molecule has 0 aliphatic heterocycles. The molecule has 3 aromatic rings. The van der Waals surface area contributed by atoms with Gasteiger partial charge >= 0.3 is 0 Å². The van der Waals surface area contributed by atoms with Gasteiger partial charge in [0, 0.05) is 22.8 Å². The second-order valence-electron chi connectivity index (χ2n) is 6.51. The summed E-state index contributed by atoms with van der Waals surface area (Å²) in [7, 11) is 0. The molecule has 4 nitrogen and oxygen atoms in total. The molecular weight excluding hydrogens is 388 g/mol. The van der Waals surface area contributed by atoms with E-state index in [9.17, 15) is 4.79 Å². The van der Waals surface area contributed by atoms with Crippen LogP contribution >= 0.6 is 23.5 Å². The maximum Gasteiger partial charge on any atom is 0.230 e. The lowest BCUT2D eigenvalue weighted by molar-refractivity contribution is -0.118. The first-order valence-corrected chi connectivity index (χ1v) is 11.4. The third-order valence-electron chi connectivity index (χ3n) is 4.31. The van der Waals surface area contributed by atoms with Crippen LogP contribution in [0.3, 0.4) is 0 Å². The number of benzene rings is 2. The van der Waals surface area contributed by atoms with Gasteiger partial charge in [0.25, 0.3) is 0 Å². The van der Waals surface area contributed by atoms with Crippen LogP contribution in [0.5, 0.6) is 0 Å². The second kappa shape index (κ2) is 9.85. The van der Waals surface area contributed by atoms with Gasteiger partial charge in [-0.05, 0) is 49.9 Å². The quantitative estimate of drug-likeness (QED) is 0.514. The molecule has 3 rings (SSSR count). The van der Waals surface area contributed by atoms with Gasteiger partial charge in [0.1, 0.15) is 5.76 Å². The van der Waals surface area contributed by atoms with E-state index in [-0.39, 0.29) is 5.91 Å². The van der Waals surface area contributed by atoms with Crippen molar-refractivity contribution in [2.75, 3.05) is 12.0 Å². The van der Waals surface area contributed by atoms with Crippen molar-refractivity contribution in [3.05, 3.63) is 71.1 Å². The summed E-state index contributed by atoms with van der Waals surface area (Å²) in [5, 5.41) is 2.96. The van der Waals surface area contributed by atoms with Crippen LogP contribution in [0, 0.1) is 13.8 Å². The van der Waals surface area contributed by atoms with E-state index >= 15 is 0 Å². The standard InChI is InChI=1S/C22H24N2O2S2/c1-15-4-6-17(7-5-15)12-23-21(25)14-28-13-20-16(2)26-22(24-20)18-8-10-19(27-3)11-9-18/h4-11H,12-14H2,1-3H3,(H,23,25). The molecule has 0 aliphatic carbocycles. The number of aryl methyl sites for hydroxylation is 2. The molecule has 1 amide bonds. The van der Waals surface area contributed by atoms with Crippen molar-refractivity contribution in [3.8, 4) is 11.5 Å². The summed E-state index contributed by atoms with van der Waals surface area (Å²) in [5.74, 6) is 2.51. The van der Waals surface area contributed by atoms with Crippen molar-refractivity contribution in [2.24, 2.45) is 0 Å². The van der Waals surface area contributed by atoms with Crippen LogP contribution in [-0.2, 0) is 17.1 Å². The van der Waals surface area contributed by atoms with E-state index < -0.39 is 0 Å². The highest BCUT2D eigenvalue weighted by molar-refractivity contribution is 7.99. The summed E-state index contributed by atoms with van der Waals surface area (Å²) in [4.78, 5) is 17.9. The van der Waals surface area contributed by atoms with Gasteiger partial charge in [0.2, 0.25) is 11.8 Å². The van der Waals surface area contributed by atoms with Crippen molar-refractivity contribution >= 4 is 29.4 Å². The Labute approximate surface area is 174 Å². The molecule has 28 heavy (non-hydrogen) atoms. The van der Waals surface area contributed by atoms with Gasteiger partial charge in [-0.2, -0.15) is 0 Å². The average Bonchev–Trinajstić information content (AvgIpc) is 3.08. The van der Waals surface area contributed by atoms with Gasteiger partial charge in [-0.25, -0.2) is 4.98 Å². The zero-order valence-electron chi connectivity index (χ0n) is 16.3. The summed E-state index contributed by atoms with van der Waals surface area (Å²) in [6.07, 6.45) is 2.05. The lowest BCUT2D eigenvalue weighted by Crippen LogP contribution is -2.24. The van der Waals surface area contributed by atoms with E-state index in [1.807, 2.05) is 31.2 Å². The SMILES string of the molecule is CSc1ccc(-c2nc(CSCC(=O)NCc3ccc(C)cc3)c(C)o2)cc1. The van der Waals surface area contributed by atoms with Crippen LogP contribution in [0.4, 0.5) is 0 Å². The molecule has 0 fully saturated rings. The molecule has 1 N–H and O–H groups in total. The normalized spacial score (nSPS) is 10.8. The molecule has 0 saturated carbocycles. The summed E-state index contributed by atoms with van der Waals surface area (Å²) in [5.41, 5.74) is 4.18. The molecule has 2 aromatic carbocycles. The fraction of sp³-hybridized carbons (Fsp3) is 0.273. The molecule has 1 heterocycles. The first kappa shape index (κ1) is 20.6. The fourth-order valence-corrected chi connectivity index (χ4v) is 3.88. The van der Waals surface area contributed by atoms with Gasteiger partial charge in [-0.1, -0.05) is 29.8 Å². The lowest BCUT2D eigenvalue weighted by atomic mass is 10.1. The molecule has 0 unspecified atom stereocenters. The van der Waals surface area contributed by atoms with E-state index in [1.165, 1.54) is 10.5 Å². The number of hydrogen-bond donors (Lipinski definition) is 1. The van der Waals surface area contributed by atoms with Gasteiger partial charge in [-0.15, -0.1) is 23.5 Å². The summed E-state index contributed by atoms with van der Waals surface area (Å²) >= 11 is 3.25. The van der Waals surface area contributed by atoms with Gasteiger partial charge in [-0.3, -0.25) is 4.79 Å². The fourth-order valence-electron chi connectivity index (χ4n) is 2.62. The Hall–Kier alpha value is -2.18. The van der Waals surface area contributed by atoms with Crippen molar-refractivity contribution < 1.29 is 9.21 Å². The van der Waals surface area contributed by atoms with Crippen LogP contribution in [0.15, 0.2) is 57.8 Å². The minimum absolute atomic E-state index is 0.0274. The maximum atomic E-state index is 12.1. The monoisotopic (exact) mass is 412 g/mol. The number of aromatic nitrogens is 1. The van der Waals surface area contributed by atoms with E-state index in [4.69, 9.17) is 4.42 Å². The first-order chi connectivity index (χ1) is 13.5. The molecular formula is C22H24N2O2S2. The highest BCUT2D eigenvalue weighted by atomic mass is 32.2. The minimum atomic E-state index is 0.0274.